The summed E-state index contributed by atoms with van der Waals surface area (Å²) in [4.78, 5) is 11.2. The number of nitrogens with zero attached hydrogens (tertiary/aromatic N) is 2. The van der Waals surface area contributed by atoms with Crippen molar-refractivity contribution in [1.29, 1.82) is 0 Å². The number of aromatic nitrogens is 2. The molecule has 2 aromatic carbocycles. The summed E-state index contributed by atoms with van der Waals surface area (Å²) in [7, 11) is 0. The highest BCUT2D eigenvalue weighted by Gasteiger charge is 2.12. The predicted molar refractivity (Wildman–Crippen MR) is 99.0 cm³/mol. The third-order valence-electron chi connectivity index (χ3n) is 3.67. The second-order valence-electron chi connectivity index (χ2n) is 5.49. The molecule has 4 aromatic rings. The van der Waals surface area contributed by atoms with E-state index in [4.69, 9.17) is 0 Å². The molecule has 2 aromatic heterocycles. The first-order valence-electron chi connectivity index (χ1n) is 7.59. The molecule has 0 fully saturated rings. The van der Waals surface area contributed by atoms with Gasteiger partial charge in [-0.3, -0.25) is 0 Å². The van der Waals surface area contributed by atoms with Crippen molar-refractivity contribution in [3.05, 3.63) is 66.5 Å². The summed E-state index contributed by atoms with van der Waals surface area (Å²) >= 11 is 1.65. The fourth-order valence-electron chi connectivity index (χ4n) is 2.59. The molecule has 0 saturated carbocycles. The van der Waals surface area contributed by atoms with Gasteiger partial charge in [0.05, 0.1) is 5.39 Å². The van der Waals surface area contributed by atoms with E-state index in [0.29, 0.717) is 5.82 Å². The monoisotopic (exact) mass is 333 g/mol. The van der Waals surface area contributed by atoms with Crippen LogP contribution in [0.1, 0.15) is 5.82 Å². The lowest BCUT2D eigenvalue weighted by molar-refractivity contribution is 0.475. The average molecular weight is 333 g/mol. The van der Waals surface area contributed by atoms with E-state index >= 15 is 0 Å². The van der Waals surface area contributed by atoms with Crippen LogP contribution in [0.25, 0.3) is 20.7 Å². The zero-order chi connectivity index (χ0) is 16.5. The molecular formula is C19H15N3OS. The van der Waals surface area contributed by atoms with Crippen LogP contribution in [0.5, 0.6) is 5.75 Å². The molecule has 0 atom stereocenters. The summed E-state index contributed by atoms with van der Waals surface area (Å²) in [6.07, 6.45) is 0. The molecule has 24 heavy (non-hydrogen) atoms. The standard InChI is InChI=1S/C19H15N3OS/c1-12-20-18(22-14-8-5-9-15(23)10-14)16-11-17(24-19(16)21-12)13-6-3-2-4-7-13/h2-11,23H,1H3,(H,20,21,22). The summed E-state index contributed by atoms with van der Waals surface area (Å²) in [5.74, 6) is 1.69. The molecular weight excluding hydrogens is 318 g/mol. The SMILES string of the molecule is Cc1nc(Nc2cccc(O)c2)c2cc(-c3ccccc3)sc2n1. The predicted octanol–water partition coefficient (Wildman–Crippen LogP) is 5.12. The number of anilines is 2. The lowest BCUT2D eigenvalue weighted by atomic mass is 10.2. The molecule has 0 aliphatic carbocycles. The zero-order valence-electron chi connectivity index (χ0n) is 13.0. The minimum Gasteiger partial charge on any atom is -0.508 e. The lowest BCUT2D eigenvalue weighted by Crippen LogP contribution is -1.97. The van der Waals surface area contributed by atoms with Crippen LogP contribution in [-0.4, -0.2) is 15.1 Å². The third kappa shape index (κ3) is 2.81. The Kier molecular flexibility index (Phi) is 3.63. The van der Waals surface area contributed by atoms with Crippen LogP contribution in [-0.2, 0) is 0 Å². The minimum atomic E-state index is 0.220. The Morgan fingerprint density at radius 1 is 0.958 bits per heavy atom. The summed E-state index contributed by atoms with van der Waals surface area (Å²) in [5, 5.41) is 13.9. The van der Waals surface area contributed by atoms with E-state index in [1.165, 1.54) is 5.56 Å². The number of phenols is 1. The molecule has 118 valence electrons. The maximum atomic E-state index is 9.64. The molecule has 0 saturated heterocycles. The number of nitrogens with one attached hydrogen (secondary N) is 1. The third-order valence-corrected chi connectivity index (χ3v) is 4.75. The molecule has 4 rings (SSSR count). The topological polar surface area (TPSA) is 58.0 Å². The summed E-state index contributed by atoms with van der Waals surface area (Å²) in [6, 6.07) is 19.4. The van der Waals surface area contributed by atoms with E-state index in [0.717, 1.165) is 26.6 Å². The number of rotatable bonds is 3. The first kappa shape index (κ1) is 14.7. The van der Waals surface area contributed by atoms with Gasteiger partial charge in [-0.15, -0.1) is 11.3 Å². The van der Waals surface area contributed by atoms with Crippen LogP contribution >= 0.6 is 11.3 Å². The number of hydrogen-bond donors (Lipinski definition) is 2. The fourth-order valence-corrected chi connectivity index (χ4v) is 3.67. The fraction of sp³-hybridized carbons (Fsp3) is 0.0526. The van der Waals surface area contributed by atoms with Gasteiger partial charge in [-0.2, -0.15) is 0 Å². The Labute approximate surface area is 143 Å². The van der Waals surface area contributed by atoms with Crippen molar-refractivity contribution in [2.75, 3.05) is 5.32 Å². The van der Waals surface area contributed by atoms with Gasteiger partial charge < -0.3 is 10.4 Å². The second-order valence-corrected chi connectivity index (χ2v) is 6.52. The van der Waals surface area contributed by atoms with Gasteiger partial charge in [0.25, 0.3) is 0 Å². The van der Waals surface area contributed by atoms with Crippen LogP contribution in [0.15, 0.2) is 60.7 Å². The molecule has 0 spiro atoms. The molecule has 2 heterocycles. The Hall–Kier alpha value is -2.92. The molecule has 0 aliphatic heterocycles. The summed E-state index contributed by atoms with van der Waals surface area (Å²) in [5.41, 5.74) is 1.96. The highest BCUT2D eigenvalue weighted by molar-refractivity contribution is 7.21. The molecule has 0 radical (unpaired) electrons. The van der Waals surface area contributed by atoms with Crippen molar-refractivity contribution in [2.45, 2.75) is 6.92 Å². The minimum absolute atomic E-state index is 0.220. The average Bonchev–Trinajstić information content (AvgIpc) is 3.00. The van der Waals surface area contributed by atoms with Gasteiger partial charge in [-0.25, -0.2) is 9.97 Å². The van der Waals surface area contributed by atoms with Crippen molar-refractivity contribution in [1.82, 2.24) is 9.97 Å². The van der Waals surface area contributed by atoms with Crippen molar-refractivity contribution in [2.24, 2.45) is 0 Å². The van der Waals surface area contributed by atoms with Crippen molar-refractivity contribution < 1.29 is 5.11 Å². The molecule has 0 aliphatic rings. The smallest absolute Gasteiger partial charge is 0.142 e. The van der Waals surface area contributed by atoms with Crippen molar-refractivity contribution in [3.63, 3.8) is 0 Å². The Balaban J connectivity index is 1.81. The largest absolute Gasteiger partial charge is 0.508 e. The molecule has 5 heteroatoms. The number of aryl methyl sites for hydroxylation is 1. The van der Waals surface area contributed by atoms with Crippen LogP contribution in [0.2, 0.25) is 0 Å². The molecule has 0 amide bonds. The van der Waals surface area contributed by atoms with Gasteiger partial charge in [0, 0.05) is 16.6 Å². The van der Waals surface area contributed by atoms with Crippen molar-refractivity contribution >= 4 is 33.1 Å². The summed E-state index contributed by atoms with van der Waals surface area (Å²) in [6.45, 7) is 1.88. The van der Waals surface area contributed by atoms with E-state index in [1.807, 2.05) is 31.2 Å². The first-order chi connectivity index (χ1) is 11.7. The number of thiophene rings is 1. The van der Waals surface area contributed by atoms with Crippen LogP contribution in [0, 0.1) is 6.92 Å². The highest BCUT2D eigenvalue weighted by atomic mass is 32.1. The number of hydrogen-bond acceptors (Lipinski definition) is 5. The van der Waals surface area contributed by atoms with Gasteiger partial charge in [-0.1, -0.05) is 36.4 Å². The van der Waals surface area contributed by atoms with Gasteiger partial charge in [0.2, 0.25) is 0 Å². The van der Waals surface area contributed by atoms with E-state index in [-0.39, 0.29) is 5.75 Å². The Morgan fingerprint density at radius 3 is 2.58 bits per heavy atom. The van der Waals surface area contributed by atoms with Gasteiger partial charge in [0.1, 0.15) is 22.2 Å². The van der Waals surface area contributed by atoms with E-state index in [2.05, 4.69) is 33.5 Å². The number of fused-ring (bicyclic) bond motifs is 1. The van der Waals surface area contributed by atoms with Gasteiger partial charge >= 0.3 is 0 Å². The zero-order valence-corrected chi connectivity index (χ0v) is 13.8. The van der Waals surface area contributed by atoms with Crippen molar-refractivity contribution in [3.8, 4) is 16.2 Å². The van der Waals surface area contributed by atoms with Gasteiger partial charge in [-0.05, 0) is 30.7 Å². The molecule has 2 N–H and O–H groups in total. The molecule has 0 bridgehead atoms. The maximum Gasteiger partial charge on any atom is 0.142 e. The number of aromatic hydroxyl groups is 1. The summed E-state index contributed by atoms with van der Waals surface area (Å²) < 4.78 is 0. The number of phenolic OH excluding ortho intramolecular Hbond substituents is 1. The normalized spacial score (nSPS) is 10.9. The van der Waals surface area contributed by atoms with E-state index in [1.54, 1.807) is 29.5 Å². The van der Waals surface area contributed by atoms with Gasteiger partial charge in [0.15, 0.2) is 0 Å². The molecule has 0 unspecified atom stereocenters. The van der Waals surface area contributed by atoms with Crippen LogP contribution < -0.4 is 5.32 Å². The highest BCUT2D eigenvalue weighted by Crippen LogP contribution is 2.36. The maximum absolute atomic E-state index is 9.64. The van der Waals surface area contributed by atoms with Crippen LogP contribution in [0.3, 0.4) is 0 Å². The van der Waals surface area contributed by atoms with Crippen LogP contribution in [0.4, 0.5) is 11.5 Å². The Morgan fingerprint density at radius 2 is 1.79 bits per heavy atom. The molecule has 4 nitrogen and oxygen atoms in total. The van der Waals surface area contributed by atoms with E-state index in [9.17, 15) is 5.11 Å². The first-order valence-corrected chi connectivity index (χ1v) is 8.40. The second kappa shape index (κ2) is 5.94. The Bertz CT molecular complexity index is 1010. The number of benzene rings is 2. The quantitative estimate of drug-likeness (QED) is 0.546. The van der Waals surface area contributed by atoms with E-state index < -0.39 is 0 Å². The lowest BCUT2D eigenvalue weighted by Gasteiger charge is -2.07.